The molecule has 0 spiro atoms. The van der Waals surface area contributed by atoms with E-state index in [0.29, 0.717) is 12.4 Å². The van der Waals surface area contributed by atoms with Crippen molar-refractivity contribution < 1.29 is 9.59 Å². The average Bonchev–Trinajstić information content (AvgIpc) is 2.00. The fraction of sp³-hybridized carbons (Fsp3) is 0.333. The van der Waals surface area contributed by atoms with Gasteiger partial charge in [-0.05, 0) is 6.08 Å². The van der Waals surface area contributed by atoms with Gasteiger partial charge in [-0.2, -0.15) is 0 Å². The molecule has 3 amide bonds. The van der Waals surface area contributed by atoms with Gasteiger partial charge in [0.2, 0.25) is 0 Å². The second kappa shape index (κ2) is 5.73. The lowest BCUT2D eigenvalue weighted by Gasteiger charge is -2.01. The molecule has 0 atom stereocenters. The molecule has 0 aromatic rings. The summed E-state index contributed by atoms with van der Waals surface area (Å²) in [6, 6.07) is -0.560. The van der Waals surface area contributed by atoms with E-state index in [9.17, 15) is 9.59 Å². The number of carbonyl (C=O) groups is 2. The summed E-state index contributed by atoms with van der Waals surface area (Å²) in [5.41, 5.74) is 0. The normalized spacial score (nSPS) is 8.45. The summed E-state index contributed by atoms with van der Waals surface area (Å²) in [4.78, 5) is 21.1. The van der Waals surface area contributed by atoms with Crippen LogP contribution in [0.4, 0.5) is 4.79 Å². The molecule has 2 N–H and O–H groups in total. The highest BCUT2D eigenvalue weighted by Crippen LogP contribution is 1.72. The predicted molar refractivity (Wildman–Crippen MR) is 42.5 cm³/mol. The molecule has 0 fully saturated rings. The lowest BCUT2D eigenvalue weighted by molar-refractivity contribution is -0.115. The van der Waals surface area contributed by atoms with E-state index in [-0.39, 0.29) is 0 Å². The summed E-state index contributed by atoms with van der Waals surface area (Å²) in [7, 11) is 0. The molecule has 0 radical (unpaired) electrons. The second-order valence-corrected chi connectivity index (χ2v) is 2.02. The summed E-state index contributed by atoms with van der Waals surface area (Å²) in [5.74, 6) is -0.215. The van der Waals surface area contributed by atoms with Crippen molar-refractivity contribution in [1.82, 2.24) is 10.6 Å². The van der Waals surface area contributed by atoms with E-state index in [1.165, 1.54) is 0 Å². The maximum Gasteiger partial charge on any atom is 0.321 e. The quantitative estimate of drug-likeness (QED) is 0.478. The average molecular weight is 177 g/mol. The van der Waals surface area contributed by atoms with Crippen LogP contribution in [0.15, 0.2) is 12.7 Å². The molecule has 0 aromatic heterocycles. The van der Waals surface area contributed by atoms with Crippen molar-refractivity contribution in [1.29, 1.82) is 0 Å². The molecule has 0 rings (SSSR count). The smallest absolute Gasteiger partial charge is 0.321 e. The zero-order valence-corrected chi connectivity index (χ0v) is 6.65. The molecular formula is C6H9ClN2O2. The fourth-order valence-corrected chi connectivity index (χ4v) is 0.462. The third-order valence-corrected chi connectivity index (χ3v) is 0.991. The minimum Gasteiger partial charge on any atom is -0.337 e. The van der Waals surface area contributed by atoms with Gasteiger partial charge in [0.1, 0.15) is 0 Å². The number of amides is 3. The molecule has 0 aliphatic rings. The number of alkyl halides is 1. The molecule has 11 heavy (non-hydrogen) atoms. The summed E-state index contributed by atoms with van der Waals surface area (Å²) in [6.07, 6.45) is 1.01. The maximum absolute atomic E-state index is 10.6. The van der Waals surface area contributed by atoms with Crippen LogP contribution in [-0.4, -0.2) is 24.4 Å². The van der Waals surface area contributed by atoms with Crippen LogP contribution >= 0.6 is 11.6 Å². The standard InChI is InChI=1S/C6H9ClN2O2/c1-2-5(10)9-6(11)8-4-3-7/h2H,1,3-4H2,(H2,8,9,10,11). The highest BCUT2D eigenvalue weighted by atomic mass is 35.5. The van der Waals surface area contributed by atoms with E-state index >= 15 is 0 Å². The molecule has 0 unspecified atom stereocenters. The number of nitrogens with one attached hydrogen (secondary N) is 2. The number of hydrogen-bond donors (Lipinski definition) is 2. The van der Waals surface area contributed by atoms with E-state index in [2.05, 4.69) is 11.9 Å². The Balaban J connectivity index is 3.52. The molecule has 0 heterocycles. The molecule has 0 saturated carbocycles. The van der Waals surface area contributed by atoms with E-state index in [1.807, 2.05) is 5.32 Å². The van der Waals surface area contributed by atoms with Crippen LogP contribution in [0.25, 0.3) is 0 Å². The van der Waals surface area contributed by atoms with Gasteiger partial charge < -0.3 is 5.32 Å². The monoisotopic (exact) mass is 176 g/mol. The van der Waals surface area contributed by atoms with E-state index in [0.717, 1.165) is 6.08 Å². The first-order valence-electron chi connectivity index (χ1n) is 2.98. The molecule has 0 aromatic carbocycles. The van der Waals surface area contributed by atoms with E-state index < -0.39 is 11.9 Å². The van der Waals surface area contributed by atoms with Gasteiger partial charge in [0.05, 0.1) is 0 Å². The number of urea groups is 1. The van der Waals surface area contributed by atoms with Crippen LogP contribution in [-0.2, 0) is 4.79 Å². The summed E-state index contributed by atoms with van der Waals surface area (Å²) in [6.45, 7) is 3.51. The van der Waals surface area contributed by atoms with Crippen molar-refractivity contribution in [3.05, 3.63) is 12.7 Å². The van der Waals surface area contributed by atoms with Crippen LogP contribution in [0, 0.1) is 0 Å². The first-order valence-corrected chi connectivity index (χ1v) is 3.51. The van der Waals surface area contributed by atoms with E-state index in [4.69, 9.17) is 11.6 Å². The van der Waals surface area contributed by atoms with Gasteiger partial charge in [0.15, 0.2) is 0 Å². The Hall–Kier alpha value is -1.03. The Bertz CT molecular complexity index is 170. The number of carbonyl (C=O) groups excluding carboxylic acids is 2. The third-order valence-electron chi connectivity index (χ3n) is 0.802. The van der Waals surface area contributed by atoms with Crippen molar-refractivity contribution >= 4 is 23.5 Å². The molecule has 5 heteroatoms. The molecule has 4 nitrogen and oxygen atoms in total. The van der Waals surface area contributed by atoms with Gasteiger partial charge in [0.25, 0.3) is 5.91 Å². The van der Waals surface area contributed by atoms with Gasteiger partial charge in [-0.1, -0.05) is 6.58 Å². The van der Waals surface area contributed by atoms with Crippen LogP contribution in [0.3, 0.4) is 0 Å². The Labute approximate surface area is 69.6 Å². The summed E-state index contributed by atoms with van der Waals surface area (Å²) in [5, 5.41) is 4.35. The summed E-state index contributed by atoms with van der Waals surface area (Å²) < 4.78 is 0. The van der Waals surface area contributed by atoms with Crippen LogP contribution in [0.1, 0.15) is 0 Å². The highest BCUT2D eigenvalue weighted by Gasteiger charge is 2.00. The van der Waals surface area contributed by atoms with Crippen molar-refractivity contribution in [3.63, 3.8) is 0 Å². The lowest BCUT2D eigenvalue weighted by Crippen LogP contribution is -2.39. The van der Waals surface area contributed by atoms with Crippen molar-refractivity contribution in [2.45, 2.75) is 0 Å². The Kier molecular flexibility index (Phi) is 5.20. The number of halogens is 1. The van der Waals surface area contributed by atoms with Crippen molar-refractivity contribution in [2.75, 3.05) is 12.4 Å². The lowest BCUT2D eigenvalue weighted by atomic mass is 10.6. The highest BCUT2D eigenvalue weighted by molar-refractivity contribution is 6.18. The number of rotatable bonds is 3. The zero-order chi connectivity index (χ0) is 8.69. The fourth-order valence-electron chi connectivity index (χ4n) is 0.368. The Morgan fingerprint density at radius 1 is 1.55 bits per heavy atom. The first kappa shape index (κ1) is 9.97. The largest absolute Gasteiger partial charge is 0.337 e. The predicted octanol–water partition coefficient (Wildman–Crippen LogP) is 0.237. The molecule has 0 bridgehead atoms. The van der Waals surface area contributed by atoms with E-state index in [1.54, 1.807) is 0 Å². The molecular weight excluding hydrogens is 168 g/mol. The zero-order valence-electron chi connectivity index (χ0n) is 5.89. The number of imide groups is 1. The Morgan fingerprint density at radius 2 is 2.18 bits per heavy atom. The van der Waals surface area contributed by atoms with Crippen molar-refractivity contribution in [2.24, 2.45) is 0 Å². The molecule has 0 saturated heterocycles. The van der Waals surface area contributed by atoms with Crippen molar-refractivity contribution in [3.8, 4) is 0 Å². The Morgan fingerprint density at radius 3 is 2.64 bits per heavy atom. The van der Waals surface area contributed by atoms with Gasteiger partial charge in [-0.25, -0.2) is 4.79 Å². The summed E-state index contributed by atoms with van der Waals surface area (Å²) >= 11 is 5.27. The van der Waals surface area contributed by atoms with Gasteiger partial charge in [-0.3, -0.25) is 10.1 Å². The molecule has 0 aliphatic heterocycles. The third kappa shape index (κ3) is 5.42. The van der Waals surface area contributed by atoms with Crippen LogP contribution in [0.2, 0.25) is 0 Å². The molecule has 0 aliphatic carbocycles. The minimum atomic E-state index is -0.560. The second-order valence-electron chi connectivity index (χ2n) is 1.64. The molecule has 62 valence electrons. The SMILES string of the molecule is C=CC(=O)NC(=O)NCCCl. The minimum absolute atomic E-state index is 0.315. The van der Waals surface area contributed by atoms with Gasteiger partial charge >= 0.3 is 6.03 Å². The van der Waals surface area contributed by atoms with Gasteiger partial charge in [0, 0.05) is 12.4 Å². The van der Waals surface area contributed by atoms with Gasteiger partial charge in [-0.15, -0.1) is 11.6 Å². The maximum atomic E-state index is 10.6. The van der Waals surface area contributed by atoms with Crippen LogP contribution < -0.4 is 10.6 Å². The number of hydrogen-bond acceptors (Lipinski definition) is 2. The first-order chi connectivity index (χ1) is 5.20. The topological polar surface area (TPSA) is 58.2 Å². The van der Waals surface area contributed by atoms with Crippen LogP contribution in [0.5, 0.6) is 0 Å².